The Morgan fingerprint density at radius 2 is 2.25 bits per heavy atom. The average molecular weight is 257 g/mol. The van der Waals surface area contributed by atoms with E-state index in [9.17, 15) is 8.42 Å². The molecule has 2 heterocycles. The molecule has 0 unspecified atom stereocenters. The first kappa shape index (κ1) is 10.8. The lowest BCUT2D eigenvalue weighted by molar-refractivity contribution is 0.601. The van der Waals surface area contributed by atoms with Gasteiger partial charge in [-0.3, -0.25) is 4.72 Å². The van der Waals surface area contributed by atoms with Gasteiger partial charge < -0.3 is 5.73 Å². The van der Waals surface area contributed by atoms with Gasteiger partial charge in [-0.1, -0.05) is 4.49 Å². The van der Waals surface area contributed by atoms with Crippen LogP contribution in [0.15, 0.2) is 29.4 Å². The topological polar surface area (TPSA) is 111 Å². The molecule has 0 saturated heterocycles. The maximum Gasteiger partial charge on any atom is 0.262 e. The van der Waals surface area contributed by atoms with Gasteiger partial charge in [0.1, 0.15) is 10.8 Å². The minimum absolute atomic E-state index is 0.0494. The molecule has 0 saturated carbocycles. The van der Waals surface area contributed by atoms with E-state index in [4.69, 9.17) is 5.73 Å². The van der Waals surface area contributed by atoms with E-state index in [0.29, 0.717) is 5.00 Å². The standard InChI is InChI=1S/C7H7N5O2S2/c8-6-3-5(1-2-9-6)16(13,14)11-7-4-10-12-15-7/h1-4,11H,(H2,8,9). The summed E-state index contributed by atoms with van der Waals surface area (Å²) in [5.74, 6) is 0.144. The summed E-state index contributed by atoms with van der Waals surface area (Å²) in [6, 6.07) is 2.63. The Balaban J connectivity index is 2.33. The average Bonchev–Trinajstić information content (AvgIpc) is 2.70. The van der Waals surface area contributed by atoms with Crippen LogP contribution in [0.25, 0.3) is 0 Å². The third-order valence-corrected chi connectivity index (χ3v) is 3.73. The zero-order valence-corrected chi connectivity index (χ0v) is 9.49. The predicted molar refractivity (Wildman–Crippen MR) is 59.4 cm³/mol. The first-order valence-corrected chi connectivity index (χ1v) is 6.35. The molecule has 0 aliphatic rings. The summed E-state index contributed by atoms with van der Waals surface area (Å²) in [5.41, 5.74) is 5.40. The van der Waals surface area contributed by atoms with Crippen LogP contribution in [0.2, 0.25) is 0 Å². The Bertz CT molecular complexity index is 581. The van der Waals surface area contributed by atoms with E-state index in [1.54, 1.807) is 0 Å². The number of nitrogens with one attached hydrogen (secondary N) is 1. The molecule has 2 aromatic heterocycles. The fourth-order valence-corrected chi connectivity index (χ4v) is 2.70. The van der Waals surface area contributed by atoms with E-state index in [2.05, 4.69) is 19.3 Å². The number of aromatic nitrogens is 3. The van der Waals surface area contributed by atoms with Gasteiger partial charge in [0.05, 0.1) is 11.1 Å². The van der Waals surface area contributed by atoms with Crippen LogP contribution in [-0.4, -0.2) is 23.0 Å². The van der Waals surface area contributed by atoms with Gasteiger partial charge >= 0.3 is 0 Å². The SMILES string of the molecule is Nc1cc(S(=O)(=O)Nc2cnns2)ccn1. The number of pyridine rings is 1. The molecule has 0 aliphatic heterocycles. The Hall–Kier alpha value is -1.74. The van der Waals surface area contributed by atoms with E-state index in [1.165, 1.54) is 24.5 Å². The van der Waals surface area contributed by atoms with Crippen LogP contribution < -0.4 is 10.5 Å². The number of nitrogens with zero attached hydrogens (tertiary/aromatic N) is 3. The molecule has 84 valence electrons. The van der Waals surface area contributed by atoms with Crippen molar-refractivity contribution in [3.8, 4) is 0 Å². The van der Waals surface area contributed by atoms with Crippen LogP contribution in [-0.2, 0) is 10.0 Å². The predicted octanol–water partition coefficient (Wildman–Crippen LogP) is 0.316. The molecule has 0 aliphatic carbocycles. The van der Waals surface area contributed by atoms with Gasteiger partial charge in [0.15, 0.2) is 0 Å². The molecule has 16 heavy (non-hydrogen) atoms. The van der Waals surface area contributed by atoms with Crippen LogP contribution in [0.5, 0.6) is 0 Å². The van der Waals surface area contributed by atoms with Crippen molar-refractivity contribution < 1.29 is 8.42 Å². The molecule has 0 radical (unpaired) electrons. The highest BCUT2D eigenvalue weighted by Gasteiger charge is 2.15. The number of nitrogens with two attached hydrogens (primary N) is 1. The summed E-state index contributed by atoms with van der Waals surface area (Å²) in [7, 11) is -3.65. The minimum atomic E-state index is -3.65. The van der Waals surface area contributed by atoms with E-state index in [1.807, 2.05) is 0 Å². The Kier molecular flexibility index (Phi) is 2.71. The van der Waals surface area contributed by atoms with Crippen molar-refractivity contribution in [2.75, 3.05) is 10.5 Å². The number of sulfonamides is 1. The summed E-state index contributed by atoms with van der Waals surface area (Å²) in [6.45, 7) is 0. The van der Waals surface area contributed by atoms with E-state index in [0.717, 1.165) is 11.5 Å². The summed E-state index contributed by atoms with van der Waals surface area (Å²) >= 11 is 0.950. The molecular formula is C7H7N5O2S2. The second-order valence-electron chi connectivity index (χ2n) is 2.80. The number of rotatable bonds is 3. The molecule has 7 nitrogen and oxygen atoms in total. The third kappa shape index (κ3) is 2.25. The van der Waals surface area contributed by atoms with Crippen molar-refractivity contribution >= 4 is 32.4 Å². The van der Waals surface area contributed by atoms with E-state index < -0.39 is 10.0 Å². The zero-order chi connectivity index (χ0) is 11.6. The highest BCUT2D eigenvalue weighted by atomic mass is 32.2. The molecule has 9 heteroatoms. The second-order valence-corrected chi connectivity index (χ2v) is 5.27. The van der Waals surface area contributed by atoms with Gasteiger partial charge in [-0.15, -0.1) is 5.10 Å². The molecule has 2 rings (SSSR count). The molecule has 0 spiro atoms. The fraction of sp³-hybridized carbons (Fsp3) is 0. The van der Waals surface area contributed by atoms with Crippen molar-refractivity contribution in [2.24, 2.45) is 0 Å². The lowest BCUT2D eigenvalue weighted by Crippen LogP contribution is -2.12. The normalized spacial score (nSPS) is 11.2. The maximum absolute atomic E-state index is 11.8. The van der Waals surface area contributed by atoms with Crippen molar-refractivity contribution in [2.45, 2.75) is 4.90 Å². The monoisotopic (exact) mass is 257 g/mol. The van der Waals surface area contributed by atoms with Crippen LogP contribution in [0.3, 0.4) is 0 Å². The Labute approximate surface area is 95.5 Å². The molecule has 2 aromatic rings. The number of hydrogen-bond acceptors (Lipinski definition) is 7. The van der Waals surface area contributed by atoms with Crippen molar-refractivity contribution in [3.05, 3.63) is 24.5 Å². The van der Waals surface area contributed by atoms with Crippen LogP contribution in [0.4, 0.5) is 10.8 Å². The minimum Gasteiger partial charge on any atom is -0.384 e. The third-order valence-electron chi connectivity index (χ3n) is 1.66. The molecule has 0 bridgehead atoms. The number of hydrogen-bond donors (Lipinski definition) is 2. The number of nitrogen functional groups attached to an aromatic ring is 1. The lowest BCUT2D eigenvalue weighted by atomic mass is 10.5. The van der Waals surface area contributed by atoms with Gasteiger partial charge in [0.2, 0.25) is 0 Å². The smallest absolute Gasteiger partial charge is 0.262 e. The highest BCUT2D eigenvalue weighted by Crippen LogP contribution is 2.17. The quantitative estimate of drug-likeness (QED) is 0.819. The highest BCUT2D eigenvalue weighted by molar-refractivity contribution is 7.93. The van der Waals surface area contributed by atoms with Crippen molar-refractivity contribution in [1.82, 2.24) is 14.6 Å². The Morgan fingerprint density at radius 3 is 2.88 bits per heavy atom. The molecule has 0 amide bonds. The van der Waals surface area contributed by atoms with Crippen molar-refractivity contribution in [1.29, 1.82) is 0 Å². The van der Waals surface area contributed by atoms with E-state index in [-0.39, 0.29) is 10.7 Å². The van der Waals surface area contributed by atoms with Crippen LogP contribution in [0.1, 0.15) is 0 Å². The molecule has 3 N–H and O–H groups in total. The summed E-state index contributed by atoms with van der Waals surface area (Å²) in [4.78, 5) is 3.76. The summed E-state index contributed by atoms with van der Waals surface area (Å²) < 4.78 is 29.5. The zero-order valence-electron chi connectivity index (χ0n) is 7.86. The lowest BCUT2D eigenvalue weighted by Gasteiger charge is -2.04. The maximum atomic E-state index is 11.8. The molecule has 0 atom stereocenters. The first-order chi connectivity index (χ1) is 7.58. The van der Waals surface area contributed by atoms with E-state index >= 15 is 0 Å². The Morgan fingerprint density at radius 1 is 1.44 bits per heavy atom. The first-order valence-electron chi connectivity index (χ1n) is 4.09. The molecule has 0 aromatic carbocycles. The fourth-order valence-electron chi connectivity index (χ4n) is 0.999. The van der Waals surface area contributed by atoms with Gasteiger partial charge in [-0.05, 0) is 6.07 Å². The van der Waals surface area contributed by atoms with Crippen LogP contribution >= 0.6 is 11.5 Å². The molecular weight excluding hydrogens is 250 g/mol. The van der Waals surface area contributed by atoms with Crippen molar-refractivity contribution in [3.63, 3.8) is 0 Å². The number of anilines is 2. The van der Waals surface area contributed by atoms with Gasteiger partial charge in [-0.2, -0.15) is 0 Å². The second kappa shape index (κ2) is 4.02. The summed E-state index contributed by atoms with van der Waals surface area (Å²) in [5, 5.41) is 3.87. The largest absolute Gasteiger partial charge is 0.384 e. The van der Waals surface area contributed by atoms with Crippen LogP contribution in [0, 0.1) is 0 Å². The van der Waals surface area contributed by atoms with Gasteiger partial charge in [0.25, 0.3) is 10.0 Å². The summed E-state index contributed by atoms with van der Waals surface area (Å²) in [6.07, 6.45) is 2.65. The molecule has 0 fully saturated rings. The van der Waals surface area contributed by atoms with Gasteiger partial charge in [-0.25, -0.2) is 13.4 Å². The van der Waals surface area contributed by atoms with Gasteiger partial charge in [0, 0.05) is 23.8 Å².